The van der Waals surface area contributed by atoms with Crippen molar-refractivity contribution in [1.82, 2.24) is 24.7 Å². The van der Waals surface area contributed by atoms with Gasteiger partial charge in [-0.05, 0) is 66.6 Å². The van der Waals surface area contributed by atoms with Crippen LogP contribution < -0.4 is 16.0 Å². The van der Waals surface area contributed by atoms with Crippen LogP contribution in [0.3, 0.4) is 0 Å². The molecule has 10 nitrogen and oxygen atoms in total. The molecule has 0 atom stereocenters. The molecule has 0 saturated carbocycles. The van der Waals surface area contributed by atoms with Gasteiger partial charge in [-0.25, -0.2) is 23.7 Å². The lowest BCUT2D eigenvalue weighted by molar-refractivity contribution is -0.124. The van der Waals surface area contributed by atoms with E-state index in [4.69, 9.17) is 14.7 Å². The summed E-state index contributed by atoms with van der Waals surface area (Å²) in [7, 11) is 1.48. The van der Waals surface area contributed by atoms with Crippen molar-refractivity contribution in [2.24, 2.45) is 0 Å². The molecule has 0 aliphatic rings. The van der Waals surface area contributed by atoms with Crippen molar-refractivity contribution < 1.29 is 23.1 Å². The number of hydrogen-bond acceptors (Lipinski definition) is 7. The van der Waals surface area contributed by atoms with E-state index in [1.54, 1.807) is 30.5 Å². The van der Waals surface area contributed by atoms with Gasteiger partial charge in [0.15, 0.2) is 0 Å². The summed E-state index contributed by atoms with van der Waals surface area (Å²) >= 11 is 0. The summed E-state index contributed by atoms with van der Waals surface area (Å²) in [5.74, 6) is -2.59. The fourth-order valence-corrected chi connectivity index (χ4v) is 5.06. The van der Waals surface area contributed by atoms with Crippen LogP contribution in [0.5, 0.6) is 0 Å². The molecule has 2 amide bonds. The monoisotopic (exact) mass is 633 g/mol. The van der Waals surface area contributed by atoms with Gasteiger partial charge >= 0.3 is 0 Å². The summed E-state index contributed by atoms with van der Waals surface area (Å²) in [6.07, 6.45) is 4.19. The predicted octanol–water partition coefficient (Wildman–Crippen LogP) is 6.04. The standard InChI is InChI=1S/C35H29F2N7O3/c1-47-21-30(45)38-17-15-22-11-13-24(14-12-22)41-35-39-18-16-28(42-35)33-32(43-29-10-2-3-19-44(29)33)23-6-4-7-25(20-23)40-34(46)31-26(36)8-5-9-27(31)37/h2-14,16,18-20H,15,17,21H2,1H3,(H,38,45)(H,40,46)(H,39,41,42). The summed E-state index contributed by atoms with van der Waals surface area (Å²) in [5.41, 5.74) is 4.68. The second kappa shape index (κ2) is 14.0. The topological polar surface area (TPSA) is 123 Å². The van der Waals surface area contributed by atoms with Crippen LogP contribution in [0.4, 0.5) is 26.1 Å². The van der Waals surface area contributed by atoms with Crippen molar-refractivity contribution in [2.75, 3.05) is 30.9 Å². The lowest BCUT2D eigenvalue weighted by Crippen LogP contribution is -2.28. The molecular weight excluding hydrogens is 604 g/mol. The molecule has 0 aliphatic carbocycles. The first kappa shape index (κ1) is 31.0. The van der Waals surface area contributed by atoms with Gasteiger partial charge in [-0.2, -0.15) is 0 Å². The van der Waals surface area contributed by atoms with E-state index in [2.05, 4.69) is 20.9 Å². The lowest BCUT2D eigenvalue weighted by Gasteiger charge is -2.11. The number of carbonyl (C=O) groups excluding carboxylic acids is 2. The molecule has 6 aromatic rings. The van der Waals surface area contributed by atoms with Crippen molar-refractivity contribution in [3.8, 4) is 22.6 Å². The molecule has 0 bridgehead atoms. The Balaban J connectivity index is 1.25. The Bertz CT molecular complexity index is 2040. The number of ether oxygens (including phenoxy) is 1. The maximum atomic E-state index is 14.2. The first-order chi connectivity index (χ1) is 22.9. The van der Waals surface area contributed by atoms with E-state index < -0.39 is 23.1 Å². The number of fused-ring (bicyclic) bond motifs is 1. The SMILES string of the molecule is COCC(=O)NCCc1ccc(Nc2nccc(-c3c(-c4cccc(NC(=O)c5c(F)cccc5F)c4)nc4ccccn34)n2)cc1. The molecule has 0 fully saturated rings. The molecule has 6 rings (SSSR count). The fraction of sp³-hybridized carbons (Fsp3) is 0.114. The molecule has 0 unspecified atom stereocenters. The first-order valence-electron chi connectivity index (χ1n) is 14.7. The van der Waals surface area contributed by atoms with E-state index in [9.17, 15) is 18.4 Å². The number of rotatable bonds is 11. The number of anilines is 3. The van der Waals surface area contributed by atoms with Crippen molar-refractivity contribution in [3.63, 3.8) is 0 Å². The van der Waals surface area contributed by atoms with Crippen LogP contribution >= 0.6 is 0 Å². The van der Waals surface area contributed by atoms with Crippen LogP contribution in [0.25, 0.3) is 28.3 Å². The van der Waals surface area contributed by atoms with Crippen molar-refractivity contribution >= 4 is 34.8 Å². The van der Waals surface area contributed by atoms with Gasteiger partial charge in [-0.3, -0.25) is 14.0 Å². The molecule has 3 aromatic heterocycles. The minimum atomic E-state index is -0.950. The Hall–Kier alpha value is -6.01. The molecule has 236 valence electrons. The van der Waals surface area contributed by atoms with Crippen LogP contribution in [0.1, 0.15) is 15.9 Å². The van der Waals surface area contributed by atoms with Crippen LogP contribution in [0.2, 0.25) is 0 Å². The summed E-state index contributed by atoms with van der Waals surface area (Å²) in [4.78, 5) is 38.4. The van der Waals surface area contributed by atoms with Gasteiger partial charge in [-0.1, -0.05) is 36.4 Å². The van der Waals surface area contributed by atoms with Crippen LogP contribution in [0.15, 0.2) is 103 Å². The number of methoxy groups -OCH3 is 1. The Labute approximate surface area is 268 Å². The molecular formula is C35H29F2N7O3. The number of pyridine rings is 1. The molecule has 3 N–H and O–H groups in total. The fourth-order valence-electron chi connectivity index (χ4n) is 5.06. The molecule has 3 heterocycles. The average molecular weight is 634 g/mol. The molecule has 12 heteroatoms. The van der Waals surface area contributed by atoms with Gasteiger partial charge < -0.3 is 20.7 Å². The van der Waals surface area contributed by atoms with Crippen LogP contribution in [0, 0.1) is 11.6 Å². The van der Waals surface area contributed by atoms with Crippen LogP contribution in [-0.2, 0) is 16.0 Å². The van der Waals surface area contributed by atoms with E-state index in [1.807, 2.05) is 59.1 Å². The molecule has 3 aromatic carbocycles. The van der Waals surface area contributed by atoms with Crippen LogP contribution in [-0.4, -0.2) is 51.4 Å². The van der Waals surface area contributed by atoms with Gasteiger partial charge in [0.2, 0.25) is 11.9 Å². The average Bonchev–Trinajstić information content (AvgIpc) is 3.46. The van der Waals surface area contributed by atoms with Gasteiger partial charge in [-0.15, -0.1) is 0 Å². The zero-order valence-corrected chi connectivity index (χ0v) is 25.2. The molecule has 0 spiro atoms. The smallest absolute Gasteiger partial charge is 0.261 e. The summed E-state index contributed by atoms with van der Waals surface area (Å²) < 4.78 is 35.2. The Kier molecular flexibility index (Phi) is 9.21. The first-order valence-corrected chi connectivity index (χ1v) is 14.7. The zero-order chi connectivity index (χ0) is 32.8. The Morgan fingerprint density at radius 2 is 1.66 bits per heavy atom. The summed E-state index contributed by atoms with van der Waals surface area (Å²) in [6, 6.07) is 25.3. The van der Waals surface area contributed by atoms with Crippen molar-refractivity contribution in [3.05, 3.63) is 126 Å². The number of halogens is 2. The summed E-state index contributed by atoms with van der Waals surface area (Å²) in [5, 5.41) is 8.64. The Morgan fingerprint density at radius 1 is 0.872 bits per heavy atom. The predicted molar refractivity (Wildman–Crippen MR) is 174 cm³/mol. The lowest BCUT2D eigenvalue weighted by atomic mass is 10.1. The third kappa shape index (κ3) is 7.13. The second-order valence-corrected chi connectivity index (χ2v) is 10.5. The molecule has 0 saturated heterocycles. The number of hydrogen-bond donors (Lipinski definition) is 3. The minimum absolute atomic E-state index is 0.0302. The van der Waals surface area contributed by atoms with E-state index in [1.165, 1.54) is 13.2 Å². The van der Waals surface area contributed by atoms with Crippen molar-refractivity contribution in [2.45, 2.75) is 6.42 Å². The minimum Gasteiger partial charge on any atom is -0.375 e. The van der Waals surface area contributed by atoms with E-state index in [0.29, 0.717) is 52.9 Å². The number of carbonyl (C=O) groups is 2. The third-order valence-corrected chi connectivity index (χ3v) is 7.23. The number of nitrogens with one attached hydrogen (secondary N) is 3. The highest BCUT2D eigenvalue weighted by Crippen LogP contribution is 2.33. The van der Waals surface area contributed by atoms with Gasteiger partial charge in [0.25, 0.3) is 5.91 Å². The van der Waals surface area contributed by atoms with Gasteiger partial charge in [0.1, 0.15) is 29.5 Å². The zero-order valence-electron chi connectivity index (χ0n) is 25.2. The highest BCUT2D eigenvalue weighted by Gasteiger charge is 2.20. The molecule has 0 aliphatic heterocycles. The second-order valence-electron chi connectivity index (χ2n) is 10.5. The maximum absolute atomic E-state index is 14.2. The highest BCUT2D eigenvalue weighted by molar-refractivity contribution is 6.05. The number of imidazole rings is 1. The summed E-state index contributed by atoms with van der Waals surface area (Å²) in [6.45, 7) is 0.531. The Morgan fingerprint density at radius 3 is 2.45 bits per heavy atom. The van der Waals surface area contributed by atoms with Crippen molar-refractivity contribution in [1.29, 1.82) is 0 Å². The number of benzene rings is 3. The quantitative estimate of drug-likeness (QED) is 0.159. The number of nitrogens with zero attached hydrogens (tertiary/aromatic N) is 4. The molecule has 47 heavy (non-hydrogen) atoms. The molecule has 0 radical (unpaired) electrons. The van der Waals surface area contributed by atoms with Gasteiger partial charge in [0.05, 0.1) is 17.1 Å². The largest absolute Gasteiger partial charge is 0.375 e. The van der Waals surface area contributed by atoms with E-state index in [-0.39, 0.29) is 12.5 Å². The maximum Gasteiger partial charge on any atom is 0.261 e. The van der Waals surface area contributed by atoms with E-state index in [0.717, 1.165) is 23.4 Å². The number of amides is 2. The highest BCUT2D eigenvalue weighted by atomic mass is 19.1. The third-order valence-electron chi connectivity index (χ3n) is 7.23. The van der Waals surface area contributed by atoms with E-state index >= 15 is 0 Å². The number of aromatic nitrogens is 4. The normalized spacial score (nSPS) is 11.0. The van der Waals surface area contributed by atoms with Gasteiger partial charge in [0, 0.05) is 43.0 Å².